The quantitative estimate of drug-likeness (QED) is 0.795. The van der Waals surface area contributed by atoms with Crippen molar-refractivity contribution >= 4 is 13.4 Å². The zero-order valence-electron chi connectivity index (χ0n) is 11.2. The van der Waals surface area contributed by atoms with Crippen molar-refractivity contribution in [2.75, 3.05) is 21.3 Å². The number of methoxy groups -OCH3 is 1. The minimum Gasteiger partial charge on any atom is -0.497 e. The smallest absolute Gasteiger partial charge is 0.340 e. The Morgan fingerprint density at radius 2 is 1.89 bits per heavy atom. The Hall–Kier alpha value is -1.16. The number of ketones is 1. The van der Waals surface area contributed by atoms with Gasteiger partial charge in [-0.25, -0.2) is 0 Å². The monoisotopic (exact) mass is 284 g/mol. The first kappa shape index (κ1) is 14.3. The van der Waals surface area contributed by atoms with Crippen molar-refractivity contribution in [1.82, 2.24) is 0 Å². The summed E-state index contributed by atoms with van der Waals surface area (Å²) in [6.07, 6.45) is 1.11. The van der Waals surface area contributed by atoms with Gasteiger partial charge in [0.15, 0.2) is 5.78 Å². The molecule has 0 saturated carbocycles. The standard InChI is InChI=1S/C13H17O5P/c1-16-10-5-6-11-9(8-10)4-7-12(13(11)14)19(15,17-2)18-3/h5-6,8,12H,4,7H2,1-3H3. The van der Waals surface area contributed by atoms with Crippen LogP contribution in [0.5, 0.6) is 5.75 Å². The maximum atomic E-state index is 12.4. The molecule has 0 spiro atoms. The molecule has 0 bridgehead atoms. The molecule has 19 heavy (non-hydrogen) atoms. The molecule has 1 aliphatic carbocycles. The van der Waals surface area contributed by atoms with Gasteiger partial charge in [-0.15, -0.1) is 0 Å². The number of carbonyl (C=O) groups is 1. The van der Waals surface area contributed by atoms with Crippen LogP contribution in [0.15, 0.2) is 18.2 Å². The van der Waals surface area contributed by atoms with Crippen molar-refractivity contribution in [1.29, 1.82) is 0 Å². The molecule has 1 aromatic carbocycles. The summed E-state index contributed by atoms with van der Waals surface area (Å²) in [6.45, 7) is 0. The van der Waals surface area contributed by atoms with Gasteiger partial charge in [0.25, 0.3) is 0 Å². The predicted octanol–water partition coefficient (Wildman–Crippen LogP) is 2.68. The van der Waals surface area contributed by atoms with Gasteiger partial charge in [-0.05, 0) is 36.6 Å². The van der Waals surface area contributed by atoms with Gasteiger partial charge in [0.05, 0.1) is 7.11 Å². The summed E-state index contributed by atoms with van der Waals surface area (Å²) in [4.78, 5) is 12.4. The SMILES string of the molecule is COc1ccc2c(c1)CCC(P(=O)(OC)OC)C2=O. The van der Waals surface area contributed by atoms with Crippen molar-refractivity contribution in [3.63, 3.8) is 0 Å². The Morgan fingerprint density at radius 3 is 2.47 bits per heavy atom. The van der Waals surface area contributed by atoms with Crippen LogP contribution < -0.4 is 4.74 Å². The van der Waals surface area contributed by atoms with E-state index in [2.05, 4.69) is 0 Å². The number of fused-ring (bicyclic) bond motifs is 1. The van der Waals surface area contributed by atoms with E-state index in [0.717, 1.165) is 5.56 Å². The minimum atomic E-state index is -3.37. The van der Waals surface area contributed by atoms with Gasteiger partial charge < -0.3 is 13.8 Å². The van der Waals surface area contributed by atoms with Crippen LogP contribution in [0, 0.1) is 0 Å². The molecule has 0 aromatic heterocycles. The molecule has 0 saturated heterocycles. The maximum absolute atomic E-state index is 12.4. The largest absolute Gasteiger partial charge is 0.497 e. The van der Waals surface area contributed by atoms with E-state index in [1.165, 1.54) is 14.2 Å². The minimum absolute atomic E-state index is 0.184. The van der Waals surface area contributed by atoms with Gasteiger partial charge in [-0.2, -0.15) is 0 Å². The molecule has 5 nitrogen and oxygen atoms in total. The van der Waals surface area contributed by atoms with Crippen LogP contribution in [0.4, 0.5) is 0 Å². The number of hydrogen-bond acceptors (Lipinski definition) is 5. The second-order valence-electron chi connectivity index (χ2n) is 4.35. The molecule has 0 heterocycles. The van der Waals surface area contributed by atoms with Gasteiger partial charge in [0, 0.05) is 19.8 Å². The molecule has 0 amide bonds. The van der Waals surface area contributed by atoms with E-state index in [-0.39, 0.29) is 5.78 Å². The number of hydrogen-bond donors (Lipinski definition) is 0. The summed E-state index contributed by atoms with van der Waals surface area (Å²) < 4.78 is 27.4. The Bertz CT molecular complexity index is 532. The number of Topliss-reactive ketones (excluding diaryl/α,β-unsaturated/α-hetero) is 1. The number of carbonyl (C=O) groups excluding carboxylic acids is 1. The summed E-state index contributed by atoms with van der Waals surface area (Å²) in [5.41, 5.74) is 0.772. The highest BCUT2D eigenvalue weighted by Crippen LogP contribution is 2.55. The van der Waals surface area contributed by atoms with Gasteiger partial charge in [0.1, 0.15) is 11.4 Å². The van der Waals surface area contributed by atoms with Crippen LogP contribution in [0.3, 0.4) is 0 Å². The second-order valence-corrected chi connectivity index (χ2v) is 6.78. The van der Waals surface area contributed by atoms with Crippen LogP contribution in [-0.2, 0) is 20.0 Å². The average molecular weight is 284 g/mol. The first-order valence-corrected chi connectivity index (χ1v) is 7.59. The topological polar surface area (TPSA) is 61.8 Å². The van der Waals surface area contributed by atoms with Crippen molar-refractivity contribution in [2.45, 2.75) is 18.5 Å². The maximum Gasteiger partial charge on any atom is 0.340 e. The second kappa shape index (κ2) is 5.45. The van der Waals surface area contributed by atoms with Crippen LogP contribution in [0.25, 0.3) is 0 Å². The number of ether oxygens (including phenoxy) is 1. The van der Waals surface area contributed by atoms with Gasteiger partial charge in [-0.3, -0.25) is 9.36 Å². The summed E-state index contributed by atoms with van der Waals surface area (Å²) >= 11 is 0. The van der Waals surface area contributed by atoms with Gasteiger partial charge >= 0.3 is 7.60 Å². The van der Waals surface area contributed by atoms with E-state index in [9.17, 15) is 9.36 Å². The molecule has 0 fully saturated rings. The van der Waals surface area contributed by atoms with Gasteiger partial charge in [-0.1, -0.05) is 0 Å². The van der Waals surface area contributed by atoms with Crippen LogP contribution in [0.1, 0.15) is 22.3 Å². The lowest BCUT2D eigenvalue weighted by Gasteiger charge is -2.27. The van der Waals surface area contributed by atoms with Crippen molar-refractivity contribution in [3.8, 4) is 5.75 Å². The van der Waals surface area contributed by atoms with Gasteiger partial charge in [0.2, 0.25) is 0 Å². The van der Waals surface area contributed by atoms with Crippen LogP contribution in [-0.4, -0.2) is 32.8 Å². The van der Waals surface area contributed by atoms with Crippen LogP contribution in [0.2, 0.25) is 0 Å². The molecular formula is C13H17O5P. The molecule has 0 aliphatic heterocycles. The molecule has 2 rings (SSSR count). The zero-order valence-corrected chi connectivity index (χ0v) is 12.1. The lowest BCUT2D eigenvalue weighted by atomic mass is 9.90. The molecule has 104 valence electrons. The normalized spacial score (nSPS) is 19.1. The average Bonchev–Trinajstić information content (AvgIpc) is 2.46. The number of aryl methyl sites for hydroxylation is 1. The molecule has 1 aliphatic rings. The third-order valence-corrected chi connectivity index (χ3v) is 5.73. The molecule has 0 radical (unpaired) electrons. The molecule has 6 heteroatoms. The third-order valence-electron chi connectivity index (χ3n) is 3.46. The Balaban J connectivity index is 2.37. The molecule has 0 N–H and O–H groups in total. The summed E-state index contributed by atoms with van der Waals surface area (Å²) in [5, 5.41) is 0. The van der Waals surface area contributed by atoms with E-state index in [1.807, 2.05) is 6.07 Å². The highest BCUT2D eigenvalue weighted by atomic mass is 31.2. The van der Waals surface area contributed by atoms with E-state index >= 15 is 0 Å². The predicted molar refractivity (Wildman–Crippen MR) is 71.1 cm³/mol. The van der Waals surface area contributed by atoms with Crippen molar-refractivity contribution in [3.05, 3.63) is 29.3 Å². The summed E-state index contributed by atoms with van der Waals surface area (Å²) in [7, 11) is 0.828. The third kappa shape index (κ3) is 2.46. The molecule has 1 atom stereocenters. The summed E-state index contributed by atoms with van der Waals surface area (Å²) in [6, 6.07) is 5.27. The van der Waals surface area contributed by atoms with Crippen molar-refractivity contribution in [2.24, 2.45) is 0 Å². The van der Waals surface area contributed by atoms with E-state index in [0.29, 0.717) is 24.2 Å². The highest BCUT2D eigenvalue weighted by molar-refractivity contribution is 7.55. The fourth-order valence-corrected chi connectivity index (χ4v) is 3.91. The fraction of sp³-hybridized carbons (Fsp3) is 0.462. The Kier molecular flexibility index (Phi) is 4.09. The Labute approximate surface area is 112 Å². The Morgan fingerprint density at radius 1 is 1.21 bits per heavy atom. The lowest BCUT2D eigenvalue weighted by molar-refractivity contribution is 0.0961. The zero-order chi connectivity index (χ0) is 14.0. The fourth-order valence-electron chi connectivity index (χ4n) is 2.38. The lowest BCUT2D eigenvalue weighted by Crippen LogP contribution is -2.28. The number of rotatable bonds is 4. The molecule has 1 aromatic rings. The molecular weight excluding hydrogens is 267 g/mol. The summed E-state index contributed by atoms with van der Waals surface area (Å²) in [5.74, 6) is 0.530. The number of benzene rings is 1. The van der Waals surface area contributed by atoms with E-state index < -0.39 is 13.3 Å². The van der Waals surface area contributed by atoms with Crippen LogP contribution >= 0.6 is 7.60 Å². The first-order valence-electron chi connectivity index (χ1n) is 5.98. The van der Waals surface area contributed by atoms with Crippen molar-refractivity contribution < 1.29 is 23.1 Å². The van der Waals surface area contributed by atoms with E-state index in [1.54, 1.807) is 19.2 Å². The van der Waals surface area contributed by atoms with E-state index in [4.69, 9.17) is 13.8 Å². The molecule has 1 unspecified atom stereocenters. The first-order chi connectivity index (χ1) is 9.05. The highest BCUT2D eigenvalue weighted by Gasteiger charge is 2.42.